The van der Waals surface area contributed by atoms with Crippen molar-refractivity contribution in [3.05, 3.63) is 29.7 Å². The van der Waals surface area contributed by atoms with Crippen LogP contribution in [0.4, 0.5) is 5.82 Å². The highest BCUT2D eigenvalue weighted by Gasteiger charge is 2.17. The van der Waals surface area contributed by atoms with Gasteiger partial charge in [-0.05, 0) is 37.3 Å². The number of piperidine rings is 1. The van der Waals surface area contributed by atoms with E-state index in [0.29, 0.717) is 5.69 Å². The van der Waals surface area contributed by atoms with Gasteiger partial charge in [-0.15, -0.1) is 5.10 Å². The fourth-order valence-electron chi connectivity index (χ4n) is 3.08. The summed E-state index contributed by atoms with van der Waals surface area (Å²) in [5.41, 5.74) is 2.52. The van der Waals surface area contributed by atoms with Crippen molar-refractivity contribution in [1.29, 1.82) is 0 Å². The van der Waals surface area contributed by atoms with Crippen LogP contribution in [-0.2, 0) is 13.0 Å². The van der Waals surface area contributed by atoms with Crippen LogP contribution in [0, 0.1) is 5.92 Å². The fourth-order valence-corrected chi connectivity index (χ4v) is 3.08. The van der Waals surface area contributed by atoms with E-state index in [4.69, 9.17) is 0 Å². The Bertz CT molecular complexity index is 629. The van der Waals surface area contributed by atoms with Crippen molar-refractivity contribution in [2.75, 3.05) is 18.0 Å². The molecule has 0 bridgehead atoms. The van der Waals surface area contributed by atoms with Crippen molar-refractivity contribution in [3.8, 4) is 5.69 Å². The average Bonchev–Trinajstić information content (AvgIpc) is 2.99. The van der Waals surface area contributed by atoms with Crippen molar-refractivity contribution in [3.63, 3.8) is 0 Å². The molecule has 23 heavy (non-hydrogen) atoms. The summed E-state index contributed by atoms with van der Waals surface area (Å²) in [4.78, 5) is 6.96. The molecule has 1 N–H and O–H groups in total. The molecule has 3 heterocycles. The number of hydrogen-bond acceptors (Lipinski definition) is 5. The van der Waals surface area contributed by atoms with Gasteiger partial charge in [-0.3, -0.25) is 0 Å². The molecular weight excluding hydrogens is 290 g/mol. The second-order valence-corrected chi connectivity index (χ2v) is 6.35. The largest absolute Gasteiger partial charge is 0.390 e. The highest BCUT2D eigenvalue weighted by atomic mass is 16.3. The van der Waals surface area contributed by atoms with Crippen molar-refractivity contribution in [2.24, 2.45) is 5.92 Å². The molecule has 6 heteroatoms. The van der Waals surface area contributed by atoms with Gasteiger partial charge in [0.2, 0.25) is 0 Å². The van der Waals surface area contributed by atoms with Crippen LogP contribution in [-0.4, -0.2) is 38.2 Å². The number of nitrogens with zero attached hydrogens (tertiary/aromatic N) is 5. The molecule has 0 amide bonds. The summed E-state index contributed by atoms with van der Waals surface area (Å²) in [6.07, 6.45) is 6.13. The Morgan fingerprint density at radius 1 is 1.26 bits per heavy atom. The van der Waals surface area contributed by atoms with E-state index in [1.807, 2.05) is 12.3 Å². The van der Waals surface area contributed by atoms with E-state index < -0.39 is 0 Å². The van der Waals surface area contributed by atoms with Crippen LogP contribution in [0.5, 0.6) is 0 Å². The maximum absolute atomic E-state index is 9.40. The van der Waals surface area contributed by atoms with Crippen molar-refractivity contribution in [2.45, 2.75) is 46.1 Å². The third-order valence-electron chi connectivity index (χ3n) is 4.56. The summed E-state index contributed by atoms with van der Waals surface area (Å²) in [7, 11) is 0. The Morgan fingerprint density at radius 2 is 2.04 bits per heavy atom. The zero-order chi connectivity index (χ0) is 16.2. The van der Waals surface area contributed by atoms with Crippen LogP contribution >= 0.6 is 0 Å². The molecule has 0 aromatic carbocycles. The summed E-state index contributed by atoms with van der Waals surface area (Å²) in [5.74, 6) is 1.84. The number of aromatic nitrogens is 4. The summed E-state index contributed by atoms with van der Waals surface area (Å²) in [5, 5.41) is 17.7. The van der Waals surface area contributed by atoms with Crippen molar-refractivity contribution >= 4 is 5.82 Å². The molecule has 2 aromatic rings. The lowest BCUT2D eigenvalue weighted by Gasteiger charge is -2.31. The quantitative estimate of drug-likeness (QED) is 0.917. The van der Waals surface area contributed by atoms with Gasteiger partial charge in [-0.25, -0.2) is 9.67 Å². The minimum absolute atomic E-state index is 0.0766. The van der Waals surface area contributed by atoms with Gasteiger partial charge in [-0.1, -0.05) is 25.5 Å². The normalized spacial score (nSPS) is 16.0. The van der Waals surface area contributed by atoms with Gasteiger partial charge < -0.3 is 10.0 Å². The molecule has 0 spiro atoms. The van der Waals surface area contributed by atoms with Gasteiger partial charge in [-0.2, -0.15) is 0 Å². The molecule has 1 aliphatic rings. The Kier molecular flexibility index (Phi) is 4.91. The minimum Gasteiger partial charge on any atom is -0.390 e. The predicted octanol–water partition coefficient (Wildman–Crippen LogP) is 2.34. The lowest BCUT2D eigenvalue weighted by Crippen LogP contribution is -2.33. The maximum Gasteiger partial charge on any atom is 0.128 e. The molecular formula is C17H25N5O. The van der Waals surface area contributed by atoms with E-state index in [0.717, 1.165) is 49.0 Å². The lowest BCUT2D eigenvalue weighted by atomic mass is 9.99. The van der Waals surface area contributed by atoms with Gasteiger partial charge in [0.1, 0.15) is 11.5 Å². The Hall–Kier alpha value is -1.95. The molecule has 0 aliphatic carbocycles. The van der Waals surface area contributed by atoms with Crippen LogP contribution in [0.2, 0.25) is 0 Å². The van der Waals surface area contributed by atoms with Gasteiger partial charge in [0.15, 0.2) is 0 Å². The molecule has 3 rings (SSSR count). The number of anilines is 1. The molecule has 1 fully saturated rings. The molecule has 124 valence electrons. The van der Waals surface area contributed by atoms with Crippen LogP contribution in [0.1, 0.15) is 44.5 Å². The highest BCUT2D eigenvalue weighted by Crippen LogP contribution is 2.22. The van der Waals surface area contributed by atoms with E-state index in [1.165, 1.54) is 12.8 Å². The minimum atomic E-state index is -0.0766. The Labute approximate surface area is 137 Å². The molecule has 0 atom stereocenters. The van der Waals surface area contributed by atoms with Crippen molar-refractivity contribution < 1.29 is 5.11 Å². The monoisotopic (exact) mass is 315 g/mol. The number of pyridine rings is 1. The van der Waals surface area contributed by atoms with Gasteiger partial charge in [0.25, 0.3) is 0 Å². The molecule has 1 aliphatic heterocycles. The maximum atomic E-state index is 9.40. The van der Waals surface area contributed by atoms with Gasteiger partial charge in [0.05, 0.1) is 24.2 Å². The summed E-state index contributed by atoms with van der Waals surface area (Å²) in [6.45, 7) is 6.50. The van der Waals surface area contributed by atoms with Crippen LogP contribution in [0.3, 0.4) is 0 Å². The smallest absolute Gasteiger partial charge is 0.128 e. The number of rotatable bonds is 5. The topological polar surface area (TPSA) is 67.1 Å². The number of hydrogen-bond donors (Lipinski definition) is 1. The SMILES string of the molecule is CCCc1c(CO)nnn1-c1ccc(N2CCC(C)CC2)nc1. The van der Waals surface area contributed by atoms with E-state index in [-0.39, 0.29) is 6.61 Å². The molecule has 6 nitrogen and oxygen atoms in total. The summed E-state index contributed by atoms with van der Waals surface area (Å²) < 4.78 is 1.80. The zero-order valence-electron chi connectivity index (χ0n) is 13.9. The summed E-state index contributed by atoms with van der Waals surface area (Å²) in [6, 6.07) is 4.09. The molecule has 0 radical (unpaired) electrons. The number of aliphatic hydroxyl groups is 1. The summed E-state index contributed by atoms with van der Waals surface area (Å²) >= 11 is 0. The van der Waals surface area contributed by atoms with Crippen LogP contribution in [0.15, 0.2) is 18.3 Å². The Morgan fingerprint density at radius 3 is 2.65 bits per heavy atom. The van der Waals surface area contributed by atoms with Gasteiger partial charge in [0, 0.05) is 13.1 Å². The molecule has 0 saturated carbocycles. The third kappa shape index (κ3) is 3.37. The van der Waals surface area contributed by atoms with E-state index in [2.05, 4.69) is 40.1 Å². The lowest BCUT2D eigenvalue weighted by molar-refractivity contribution is 0.275. The average molecular weight is 315 g/mol. The predicted molar refractivity (Wildman–Crippen MR) is 89.7 cm³/mol. The second-order valence-electron chi connectivity index (χ2n) is 6.35. The van der Waals surface area contributed by atoms with Crippen LogP contribution < -0.4 is 4.90 Å². The van der Waals surface area contributed by atoms with Gasteiger partial charge >= 0.3 is 0 Å². The van der Waals surface area contributed by atoms with Crippen LogP contribution in [0.25, 0.3) is 5.69 Å². The zero-order valence-corrected chi connectivity index (χ0v) is 13.9. The standard InChI is InChI=1S/C17H25N5O/c1-3-4-16-15(12-23)19-20-22(16)14-5-6-17(18-11-14)21-9-7-13(2)8-10-21/h5-6,11,13,23H,3-4,7-10,12H2,1-2H3. The number of aliphatic hydroxyl groups excluding tert-OH is 1. The van der Waals surface area contributed by atoms with E-state index in [9.17, 15) is 5.11 Å². The second kappa shape index (κ2) is 7.08. The molecule has 2 aromatic heterocycles. The van der Waals surface area contributed by atoms with E-state index >= 15 is 0 Å². The fraction of sp³-hybridized carbons (Fsp3) is 0.588. The highest BCUT2D eigenvalue weighted by molar-refractivity contribution is 5.44. The Balaban J connectivity index is 1.81. The first-order valence-corrected chi connectivity index (χ1v) is 8.48. The first-order valence-electron chi connectivity index (χ1n) is 8.48. The molecule has 1 saturated heterocycles. The van der Waals surface area contributed by atoms with Crippen molar-refractivity contribution in [1.82, 2.24) is 20.0 Å². The first kappa shape index (κ1) is 15.9. The third-order valence-corrected chi connectivity index (χ3v) is 4.56. The van der Waals surface area contributed by atoms with E-state index in [1.54, 1.807) is 4.68 Å². The first-order chi connectivity index (χ1) is 11.2. The molecule has 0 unspecified atom stereocenters.